The number of hydrogen-bond acceptors (Lipinski definition) is 4. The number of aromatic nitrogens is 4. The Kier molecular flexibility index (Phi) is 4.38. The Balaban J connectivity index is 1.30. The second-order valence-corrected chi connectivity index (χ2v) is 8.20. The Morgan fingerprint density at radius 3 is 2.45 bits per heavy atom. The predicted molar refractivity (Wildman–Crippen MR) is 126 cm³/mol. The second kappa shape index (κ2) is 7.51. The standard InChI is InChI=1S/C26H23N5/c1-2-12-31(13-3-1)22-7-4-18(5-8-22)25-17-28-24-15-21(16-29-26(24)30-25)19-6-9-23-20(14-19)10-11-27-23/h4-11,14-17,27H,1-3,12-13H2. The van der Waals surface area contributed by atoms with E-state index in [1.165, 1.54) is 30.3 Å². The minimum atomic E-state index is 0.670. The Bertz CT molecular complexity index is 1360. The van der Waals surface area contributed by atoms with Crippen molar-refractivity contribution in [1.29, 1.82) is 0 Å². The third-order valence-electron chi connectivity index (χ3n) is 6.17. The van der Waals surface area contributed by atoms with Crippen LogP contribution in [-0.4, -0.2) is 33.0 Å². The summed E-state index contributed by atoms with van der Waals surface area (Å²) in [6, 6.07) is 19.2. The first-order valence-electron chi connectivity index (χ1n) is 10.9. The fourth-order valence-electron chi connectivity index (χ4n) is 4.43. The number of rotatable bonds is 3. The summed E-state index contributed by atoms with van der Waals surface area (Å²) in [6.45, 7) is 2.30. The van der Waals surface area contributed by atoms with Gasteiger partial charge in [0.1, 0.15) is 5.52 Å². The topological polar surface area (TPSA) is 57.7 Å². The fourth-order valence-corrected chi connectivity index (χ4v) is 4.43. The number of nitrogens with zero attached hydrogens (tertiary/aromatic N) is 4. The molecule has 152 valence electrons. The Labute approximate surface area is 180 Å². The van der Waals surface area contributed by atoms with Crippen molar-refractivity contribution in [2.45, 2.75) is 19.3 Å². The van der Waals surface area contributed by atoms with Gasteiger partial charge in [-0.3, -0.25) is 4.98 Å². The van der Waals surface area contributed by atoms with E-state index >= 15 is 0 Å². The summed E-state index contributed by atoms with van der Waals surface area (Å²) in [7, 11) is 0. The first-order chi connectivity index (χ1) is 15.3. The highest BCUT2D eigenvalue weighted by Crippen LogP contribution is 2.27. The number of H-pyrrole nitrogens is 1. The summed E-state index contributed by atoms with van der Waals surface area (Å²) in [4.78, 5) is 19.7. The normalized spacial score (nSPS) is 14.4. The summed E-state index contributed by atoms with van der Waals surface area (Å²) in [5.74, 6) is 0. The van der Waals surface area contributed by atoms with Gasteiger partial charge >= 0.3 is 0 Å². The average Bonchev–Trinajstić information content (AvgIpc) is 3.32. The van der Waals surface area contributed by atoms with Crippen molar-refractivity contribution < 1.29 is 0 Å². The molecule has 3 aromatic heterocycles. The molecule has 0 unspecified atom stereocenters. The summed E-state index contributed by atoms with van der Waals surface area (Å²) >= 11 is 0. The molecule has 0 atom stereocenters. The summed E-state index contributed by atoms with van der Waals surface area (Å²) in [6.07, 6.45) is 9.60. The van der Waals surface area contributed by atoms with Crippen molar-refractivity contribution in [3.63, 3.8) is 0 Å². The highest BCUT2D eigenvalue weighted by atomic mass is 15.1. The van der Waals surface area contributed by atoms with E-state index in [0.717, 1.165) is 46.5 Å². The van der Waals surface area contributed by atoms with Crippen molar-refractivity contribution in [1.82, 2.24) is 19.9 Å². The average molecular weight is 406 g/mol. The van der Waals surface area contributed by atoms with E-state index in [9.17, 15) is 0 Å². The van der Waals surface area contributed by atoms with E-state index < -0.39 is 0 Å². The van der Waals surface area contributed by atoms with Gasteiger partial charge in [-0.1, -0.05) is 18.2 Å². The smallest absolute Gasteiger partial charge is 0.178 e. The first-order valence-corrected chi connectivity index (χ1v) is 10.9. The zero-order chi connectivity index (χ0) is 20.6. The van der Waals surface area contributed by atoms with Crippen LogP contribution in [0.5, 0.6) is 0 Å². The van der Waals surface area contributed by atoms with Gasteiger partial charge in [0.2, 0.25) is 0 Å². The molecule has 2 aromatic carbocycles. The molecule has 0 radical (unpaired) electrons. The molecule has 5 aromatic rings. The van der Waals surface area contributed by atoms with Crippen LogP contribution in [0.1, 0.15) is 19.3 Å². The largest absolute Gasteiger partial charge is 0.372 e. The number of hydrogen-bond donors (Lipinski definition) is 1. The van der Waals surface area contributed by atoms with Gasteiger partial charge in [0.15, 0.2) is 5.65 Å². The molecule has 0 saturated carbocycles. The van der Waals surface area contributed by atoms with Crippen LogP contribution in [0.4, 0.5) is 5.69 Å². The lowest BCUT2D eigenvalue weighted by atomic mass is 10.1. The van der Waals surface area contributed by atoms with Gasteiger partial charge in [0.05, 0.1) is 11.9 Å². The van der Waals surface area contributed by atoms with Gasteiger partial charge in [-0.05, 0) is 66.6 Å². The van der Waals surface area contributed by atoms with Crippen LogP contribution in [0.2, 0.25) is 0 Å². The van der Waals surface area contributed by atoms with Crippen LogP contribution >= 0.6 is 0 Å². The lowest BCUT2D eigenvalue weighted by Crippen LogP contribution is -2.29. The number of nitrogens with one attached hydrogen (secondary N) is 1. The molecule has 0 spiro atoms. The zero-order valence-electron chi connectivity index (χ0n) is 17.3. The molecule has 5 heteroatoms. The minimum Gasteiger partial charge on any atom is -0.372 e. The van der Waals surface area contributed by atoms with Crippen LogP contribution in [0.25, 0.3) is 44.5 Å². The van der Waals surface area contributed by atoms with Crippen molar-refractivity contribution in [3.8, 4) is 22.4 Å². The maximum absolute atomic E-state index is 4.77. The van der Waals surface area contributed by atoms with Crippen LogP contribution < -0.4 is 4.90 Å². The zero-order valence-corrected chi connectivity index (χ0v) is 17.3. The third-order valence-corrected chi connectivity index (χ3v) is 6.17. The molecule has 0 bridgehead atoms. The third kappa shape index (κ3) is 3.42. The fraction of sp³-hybridized carbons (Fsp3) is 0.192. The summed E-state index contributed by atoms with van der Waals surface area (Å²) < 4.78 is 0. The van der Waals surface area contributed by atoms with E-state index in [1.54, 1.807) is 0 Å². The highest BCUT2D eigenvalue weighted by Gasteiger charge is 2.12. The number of aromatic amines is 1. The van der Waals surface area contributed by atoms with Crippen molar-refractivity contribution in [3.05, 3.63) is 73.2 Å². The SMILES string of the molecule is c1cc2cc(-c3cnc4nc(-c5ccc(N6CCCCC6)cc5)cnc4c3)ccc2[nH]1. The van der Waals surface area contributed by atoms with Crippen molar-refractivity contribution in [2.75, 3.05) is 18.0 Å². The monoisotopic (exact) mass is 405 g/mol. The lowest BCUT2D eigenvalue weighted by Gasteiger charge is -2.28. The molecule has 5 nitrogen and oxygen atoms in total. The molecule has 31 heavy (non-hydrogen) atoms. The van der Waals surface area contributed by atoms with Crippen molar-refractivity contribution >= 4 is 27.8 Å². The molecule has 1 fully saturated rings. The van der Waals surface area contributed by atoms with E-state index in [2.05, 4.69) is 74.4 Å². The van der Waals surface area contributed by atoms with E-state index in [-0.39, 0.29) is 0 Å². The van der Waals surface area contributed by atoms with Crippen LogP contribution in [0.15, 0.2) is 73.2 Å². The second-order valence-electron chi connectivity index (χ2n) is 8.20. The maximum atomic E-state index is 4.77. The van der Waals surface area contributed by atoms with E-state index in [1.807, 2.05) is 18.6 Å². The molecule has 0 aliphatic carbocycles. The molecule has 6 rings (SSSR count). The van der Waals surface area contributed by atoms with Gasteiger partial charge in [-0.25, -0.2) is 9.97 Å². The lowest BCUT2D eigenvalue weighted by molar-refractivity contribution is 0.578. The molecule has 1 aliphatic heterocycles. The van der Waals surface area contributed by atoms with Gasteiger partial charge in [0, 0.05) is 47.8 Å². The molecule has 1 saturated heterocycles. The van der Waals surface area contributed by atoms with Gasteiger partial charge in [0.25, 0.3) is 0 Å². The van der Waals surface area contributed by atoms with Crippen molar-refractivity contribution in [2.24, 2.45) is 0 Å². The quantitative estimate of drug-likeness (QED) is 0.410. The molecule has 1 aliphatic rings. The van der Waals surface area contributed by atoms with Gasteiger partial charge < -0.3 is 9.88 Å². The van der Waals surface area contributed by atoms with Crippen LogP contribution in [0.3, 0.4) is 0 Å². The van der Waals surface area contributed by atoms with Crippen LogP contribution in [-0.2, 0) is 0 Å². The van der Waals surface area contributed by atoms with Crippen LogP contribution in [0, 0.1) is 0 Å². The minimum absolute atomic E-state index is 0.670. The Morgan fingerprint density at radius 1 is 0.742 bits per heavy atom. The molecule has 4 heterocycles. The van der Waals surface area contributed by atoms with E-state index in [4.69, 9.17) is 4.98 Å². The predicted octanol–water partition coefficient (Wildman–Crippen LogP) is 5.83. The number of piperidine rings is 1. The molecule has 1 N–H and O–H groups in total. The number of fused-ring (bicyclic) bond motifs is 2. The highest BCUT2D eigenvalue weighted by molar-refractivity contribution is 5.87. The van der Waals surface area contributed by atoms with Gasteiger partial charge in [-0.2, -0.15) is 0 Å². The Hall–Kier alpha value is -3.73. The van der Waals surface area contributed by atoms with E-state index in [0.29, 0.717) is 5.65 Å². The molecule has 0 amide bonds. The number of pyridine rings is 1. The maximum Gasteiger partial charge on any atom is 0.178 e. The summed E-state index contributed by atoms with van der Waals surface area (Å²) in [5.41, 5.74) is 7.99. The molecular formula is C26H23N5. The number of anilines is 1. The molecular weight excluding hydrogens is 382 g/mol. The Morgan fingerprint density at radius 2 is 1.58 bits per heavy atom. The summed E-state index contributed by atoms with van der Waals surface area (Å²) in [5, 5.41) is 1.19. The van der Waals surface area contributed by atoms with Gasteiger partial charge in [-0.15, -0.1) is 0 Å². The number of benzene rings is 2. The first kappa shape index (κ1) is 18.1.